The molecule has 0 N–H and O–H groups in total. The number of fused-ring (bicyclic) bond motifs is 3. The highest BCUT2D eigenvalue weighted by Gasteiger charge is 2.57. The maximum atomic E-state index is 12.7. The molecule has 132 valence electrons. The second-order valence-corrected chi connectivity index (χ2v) is 9.45. The standard InChI is InChI=1S/C21H36O2/c1-13(2)16-11-15-8-9-18-14(3)7-6-10-21(18,4)19(15)17(12-16)20(22)23-5/h13-19H,6-12H2,1-5H3. The Morgan fingerprint density at radius 1 is 1.17 bits per heavy atom. The summed E-state index contributed by atoms with van der Waals surface area (Å²) in [5, 5.41) is 0. The highest BCUT2D eigenvalue weighted by molar-refractivity contribution is 5.73. The molecular weight excluding hydrogens is 284 g/mol. The van der Waals surface area contributed by atoms with Gasteiger partial charge in [0.25, 0.3) is 0 Å². The molecule has 0 heterocycles. The van der Waals surface area contributed by atoms with E-state index in [-0.39, 0.29) is 11.9 Å². The molecule has 3 aliphatic carbocycles. The van der Waals surface area contributed by atoms with Crippen LogP contribution in [-0.2, 0) is 9.53 Å². The molecule has 0 spiro atoms. The molecule has 0 saturated heterocycles. The van der Waals surface area contributed by atoms with Crippen LogP contribution in [0.3, 0.4) is 0 Å². The van der Waals surface area contributed by atoms with Crippen LogP contribution in [-0.4, -0.2) is 13.1 Å². The number of esters is 1. The number of carbonyl (C=O) groups is 1. The summed E-state index contributed by atoms with van der Waals surface area (Å²) in [7, 11) is 1.59. The third-order valence-corrected chi connectivity index (χ3v) is 8.07. The first-order valence-corrected chi connectivity index (χ1v) is 9.96. The van der Waals surface area contributed by atoms with E-state index in [1.54, 1.807) is 7.11 Å². The van der Waals surface area contributed by atoms with E-state index in [0.717, 1.165) is 24.2 Å². The highest BCUT2D eigenvalue weighted by atomic mass is 16.5. The van der Waals surface area contributed by atoms with Crippen molar-refractivity contribution in [2.24, 2.45) is 46.8 Å². The monoisotopic (exact) mass is 320 g/mol. The van der Waals surface area contributed by atoms with Gasteiger partial charge < -0.3 is 4.74 Å². The Kier molecular flexibility index (Phi) is 4.82. The molecule has 7 atom stereocenters. The number of ether oxygens (including phenoxy) is 1. The first-order chi connectivity index (χ1) is 10.9. The Labute approximate surface area is 142 Å². The van der Waals surface area contributed by atoms with Gasteiger partial charge in [0.15, 0.2) is 0 Å². The van der Waals surface area contributed by atoms with Crippen LogP contribution in [0.2, 0.25) is 0 Å². The summed E-state index contributed by atoms with van der Waals surface area (Å²) in [6.45, 7) is 9.63. The molecular formula is C21H36O2. The molecule has 0 bridgehead atoms. The van der Waals surface area contributed by atoms with Crippen molar-refractivity contribution in [3.05, 3.63) is 0 Å². The summed E-state index contributed by atoms with van der Waals surface area (Å²) in [4.78, 5) is 12.7. The second kappa shape index (κ2) is 6.41. The van der Waals surface area contributed by atoms with E-state index < -0.39 is 0 Å². The van der Waals surface area contributed by atoms with Gasteiger partial charge >= 0.3 is 5.97 Å². The Hall–Kier alpha value is -0.530. The summed E-state index contributed by atoms with van der Waals surface area (Å²) >= 11 is 0. The molecule has 3 rings (SSSR count). The Morgan fingerprint density at radius 3 is 2.57 bits per heavy atom. The first-order valence-electron chi connectivity index (χ1n) is 9.96. The van der Waals surface area contributed by atoms with E-state index in [1.165, 1.54) is 38.5 Å². The van der Waals surface area contributed by atoms with E-state index in [4.69, 9.17) is 4.74 Å². The predicted molar refractivity (Wildman–Crippen MR) is 93.9 cm³/mol. The molecule has 0 amide bonds. The van der Waals surface area contributed by atoms with E-state index in [0.29, 0.717) is 23.2 Å². The van der Waals surface area contributed by atoms with Crippen LogP contribution >= 0.6 is 0 Å². The number of hydrogen-bond donors (Lipinski definition) is 0. The third kappa shape index (κ3) is 2.85. The fraction of sp³-hybridized carbons (Fsp3) is 0.952. The lowest BCUT2D eigenvalue weighted by Gasteiger charge is -2.60. The highest BCUT2D eigenvalue weighted by Crippen LogP contribution is 2.63. The van der Waals surface area contributed by atoms with Crippen LogP contribution < -0.4 is 0 Å². The van der Waals surface area contributed by atoms with Crippen LogP contribution in [0.25, 0.3) is 0 Å². The quantitative estimate of drug-likeness (QED) is 0.644. The van der Waals surface area contributed by atoms with Gasteiger partial charge in [0.2, 0.25) is 0 Å². The first kappa shape index (κ1) is 17.3. The molecule has 0 aromatic carbocycles. The minimum absolute atomic E-state index is 0.0745. The summed E-state index contributed by atoms with van der Waals surface area (Å²) in [6, 6.07) is 0. The van der Waals surface area contributed by atoms with E-state index in [2.05, 4.69) is 27.7 Å². The molecule has 3 fully saturated rings. The van der Waals surface area contributed by atoms with Crippen LogP contribution in [0.1, 0.15) is 72.6 Å². The second-order valence-electron chi connectivity index (χ2n) is 9.45. The third-order valence-electron chi connectivity index (χ3n) is 8.07. The van der Waals surface area contributed by atoms with Crippen molar-refractivity contribution >= 4 is 5.97 Å². The minimum atomic E-state index is 0.0745. The number of carbonyl (C=O) groups excluding carboxylic acids is 1. The average Bonchev–Trinajstić information content (AvgIpc) is 2.52. The van der Waals surface area contributed by atoms with Crippen molar-refractivity contribution in [3.63, 3.8) is 0 Å². The summed E-state index contributed by atoms with van der Waals surface area (Å²) in [5.74, 6) is 4.55. The van der Waals surface area contributed by atoms with Crippen LogP contribution in [0.15, 0.2) is 0 Å². The van der Waals surface area contributed by atoms with Gasteiger partial charge in [0, 0.05) is 0 Å². The molecule has 2 nitrogen and oxygen atoms in total. The van der Waals surface area contributed by atoms with E-state index >= 15 is 0 Å². The van der Waals surface area contributed by atoms with Crippen LogP contribution in [0.5, 0.6) is 0 Å². The van der Waals surface area contributed by atoms with Gasteiger partial charge in [-0.1, -0.05) is 40.5 Å². The van der Waals surface area contributed by atoms with Crippen LogP contribution in [0.4, 0.5) is 0 Å². The van der Waals surface area contributed by atoms with E-state index in [1.807, 2.05) is 0 Å². The normalized spacial score (nSPS) is 46.9. The smallest absolute Gasteiger partial charge is 0.308 e. The lowest BCUT2D eigenvalue weighted by molar-refractivity contribution is -0.167. The molecule has 3 aliphatic rings. The molecule has 23 heavy (non-hydrogen) atoms. The fourth-order valence-corrected chi connectivity index (χ4v) is 6.93. The zero-order valence-corrected chi connectivity index (χ0v) is 15.8. The topological polar surface area (TPSA) is 26.3 Å². The molecule has 0 aromatic heterocycles. The van der Waals surface area contributed by atoms with Gasteiger partial charge in [-0.2, -0.15) is 0 Å². The molecule has 0 aromatic rings. The predicted octanol–water partition coefficient (Wildman–Crippen LogP) is 5.31. The van der Waals surface area contributed by atoms with Crippen LogP contribution in [0, 0.1) is 46.8 Å². The van der Waals surface area contributed by atoms with Crippen molar-refractivity contribution < 1.29 is 9.53 Å². The van der Waals surface area contributed by atoms with Crippen molar-refractivity contribution in [3.8, 4) is 0 Å². The maximum Gasteiger partial charge on any atom is 0.308 e. The largest absolute Gasteiger partial charge is 0.469 e. The van der Waals surface area contributed by atoms with Crippen molar-refractivity contribution in [1.29, 1.82) is 0 Å². The minimum Gasteiger partial charge on any atom is -0.469 e. The molecule has 0 aliphatic heterocycles. The van der Waals surface area contributed by atoms with Gasteiger partial charge in [0.1, 0.15) is 0 Å². The molecule has 7 unspecified atom stereocenters. The Balaban J connectivity index is 1.94. The van der Waals surface area contributed by atoms with Crippen molar-refractivity contribution in [1.82, 2.24) is 0 Å². The Bertz CT molecular complexity index is 443. The SMILES string of the molecule is COC(=O)C1CC(C(C)C)CC2CCC3C(C)CCCC3(C)C21. The van der Waals surface area contributed by atoms with Gasteiger partial charge in [-0.15, -0.1) is 0 Å². The summed E-state index contributed by atoms with van der Waals surface area (Å²) in [5.41, 5.74) is 0.362. The fourth-order valence-electron chi connectivity index (χ4n) is 6.93. The molecule has 3 saturated carbocycles. The number of methoxy groups -OCH3 is 1. The lowest BCUT2D eigenvalue weighted by atomic mass is 9.44. The lowest BCUT2D eigenvalue weighted by Crippen LogP contribution is -2.55. The van der Waals surface area contributed by atoms with Gasteiger partial charge in [-0.3, -0.25) is 4.79 Å². The van der Waals surface area contributed by atoms with Gasteiger partial charge in [-0.25, -0.2) is 0 Å². The van der Waals surface area contributed by atoms with Gasteiger partial charge in [-0.05, 0) is 73.0 Å². The molecule has 2 heteroatoms. The number of rotatable bonds is 2. The maximum absolute atomic E-state index is 12.7. The van der Waals surface area contributed by atoms with Gasteiger partial charge in [0.05, 0.1) is 13.0 Å². The summed E-state index contributed by atoms with van der Waals surface area (Å²) in [6.07, 6.45) is 9.18. The van der Waals surface area contributed by atoms with Crippen molar-refractivity contribution in [2.75, 3.05) is 7.11 Å². The molecule has 0 radical (unpaired) electrons. The zero-order chi connectivity index (χ0) is 16.8. The van der Waals surface area contributed by atoms with E-state index in [9.17, 15) is 4.79 Å². The summed E-state index contributed by atoms with van der Waals surface area (Å²) < 4.78 is 5.28. The van der Waals surface area contributed by atoms with Crippen molar-refractivity contribution in [2.45, 2.75) is 72.6 Å². The Morgan fingerprint density at radius 2 is 1.91 bits per heavy atom. The zero-order valence-electron chi connectivity index (χ0n) is 15.8. The number of hydrogen-bond acceptors (Lipinski definition) is 2. The average molecular weight is 321 g/mol.